The first-order valence-electron chi connectivity index (χ1n) is 17.3. The van der Waals surface area contributed by atoms with Crippen molar-refractivity contribution in [2.45, 2.75) is 92.9 Å². The summed E-state index contributed by atoms with van der Waals surface area (Å²) in [5.41, 5.74) is 17.9. The summed E-state index contributed by atoms with van der Waals surface area (Å²) in [7, 11) is 1.74. The Kier molecular flexibility index (Phi) is 19.5. The topological polar surface area (TPSA) is 61.3 Å². The van der Waals surface area contributed by atoms with Crippen LogP contribution in [0, 0.1) is 42.4 Å². The molecule has 0 radical (unpaired) electrons. The van der Waals surface area contributed by atoms with E-state index < -0.39 is 0 Å². The molecule has 4 unspecified atom stereocenters. The highest BCUT2D eigenvalue weighted by atomic mass is 16.5. The Balaban J connectivity index is 0.00000338. The second-order valence-corrected chi connectivity index (χ2v) is 13.9. The van der Waals surface area contributed by atoms with Crippen LogP contribution in [0.15, 0.2) is 110 Å². The van der Waals surface area contributed by atoms with Gasteiger partial charge in [0.15, 0.2) is 0 Å². The lowest BCUT2D eigenvalue weighted by Crippen LogP contribution is -2.23. The van der Waals surface area contributed by atoms with Gasteiger partial charge in [-0.25, -0.2) is 0 Å². The van der Waals surface area contributed by atoms with Crippen LogP contribution in [-0.2, 0) is 12.8 Å². The van der Waals surface area contributed by atoms with Gasteiger partial charge < -0.3 is 16.2 Å². The predicted octanol–water partition coefficient (Wildman–Crippen LogP) is 11.2. The van der Waals surface area contributed by atoms with Gasteiger partial charge in [0.25, 0.3) is 0 Å². The number of rotatable bonds is 20. The minimum absolute atomic E-state index is 0.465. The van der Waals surface area contributed by atoms with Gasteiger partial charge in [0.05, 0.1) is 7.11 Å². The molecule has 0 aliphatic carbocycles. The summed E-state index contributed by atoms with van der Waals surface area (Å²) in [6, 6.07) is 17.4. The lowest BCUT2D eigenvalue weighted by Gasteiger charge is -2.32. The molecular formula is C43H66N2O. The number of hydrogen-bond acceptors (Lipinski definition) is 3. The fourth-order valence-corrected chi connectivity index (χ4v) is 6.41. The van der Waals surface area contributed by atoms with E-state index in [4.69, 9.17) is 17.0 Å². The zero-order valence-electron chi connectivity index (χ0n) is 30.4. The maximum absolute atomic E-state index is 5.88. The fraction of sp³-hybridized carbons (Fsp3) is 0.488. The first kappa shape index (κ1) is 40.6. The maximum atomic E-state index is 5.88. The van der Waals surface area contributed by atoms with E-state index in [1.165, 1.54) is 40.5 Å². The molecule has 0 amide bonds. The summed E-state index contributed by atoms with van der Waals surface area (Å²) >= 11 is 0. The Morgan fingerprint density at radius 3 is 2.13 bits per heavy atom. The van der Waals surface area contributed by atoms with Crippen molar-refractivity contribution in [1.29, 1.82) is 0 Å². The van der Waals surface area contributed by atoms with Crippen LogP contribution in [0.5, 0.6) is 5.75 Å². The lowest BCUT2D eigenvalue weighted by molar-refractivity contribution is 0.251. The highest BCUT2D eigenvalue weighted by Crippen LogP contribution is 2.37. The highest BCUT2D eigenvalue weighted by Gasteiger charge is 2.26. The molecule has 0 aliphatic heterocycles. The third kappa shape index (κ3) is 15.7. The number of nitrogens with two attached hydrogens (primary N) is 2. The number of allylic oxidation sites excluding steroid dienone is 4. The molecule has 0 saturated carbocycles. The average Bonchev–Trinajstić information content (AvgIpc) is 3.00. The predicted molar refractivity (Wildman–Crippen MR) is 204 cm³/mol. The van der Waals surface area contributed by atoms with E-state index in [0.717, 1.165) is 50.7 Å². The summed E-state index contributed by atoms with van der Waals surface area (Å²) < 4.78 is 5.43. The van der Waals surface area contributed by atoms with Crippen LogP contribution in [0.1, 0.15) is 89.8 Å². The van der Waals surface area contributed by atoms with Gasteiger partial charge in [0.1, 0.15) is 5.75 Å². The smallest absolute Gasteiger partial charge is 0.121 e. The lowest BCUT2D eigenvalue weighted by atomic mass is 9.73. The van der Waals surface area contributed by atoms with E-state index >= 15 is 0 Å². The minimum atomic E-state index is 0.465. The summed E-state index contributed by atoms with van der Waals surface area (Å²) in [6.07, 6.45) is 14.2. The van der Waals surface area contributed by atoms with Crippen LogP contribution in [0.25, 0.3) is 0 Å². The van der Waals surface area contributed by atoms with Crippen LogP contribution in [0.4, 0.5) is 0 Å². The second kappa shape index (κ2) is 22.1. The third-order valence-corrected chi connectivity index (χ3v) is 9.44. The molecule has 4 N–H and O–H groups in total. The van der Waals surface area contributed by atoms with Gasteiger partial charge >= 0.3 is 0 Å². The molecular weight excluding hydrogens is 560 g/mol. The summed E-state index contributed by atoms with van der Waals surface area (Å²) in [4.78, 5) is 0. The minimum Gasteiger partial charge on any atom is -0.496 e. The van der Waals surface area contributed by atoms with Crippen molar-refractivity contribution in [3.63, 3.8) is 0 Å². The number of methoxy groups -OCH3 is 1. The molecule has 2 aromatic rings. The van der Waals surface area contributed by atoms with Gasteiger partial charge in [-0.05, 0) is 129 Å². The van der Waals surface area contributed by atoms with Gasteiger partial charge in [-0.2, -0.15) is 0 Å². The highest BCUT2D eigenvalue weighted by molar-refractivity contribution is 5.36. The molecule has 2 rings (SSSR count). The number of ether oxygens (including phenoxy) is 1. The molecule has 0 saturated heterocycles. The van der Waals surface area contributed by atoms with E-state index in [1.807, 2.05) is 6.08 Å². The van der Waals surface area contributed by atoms with Crippen molar-refractivity contribution in [3.8, 4) is 5.75 Å². The molecule has 46 heavy (non-hydrogen) atoms. The SMILES string of the molecule is C=C(N)/C=C/C[C@H](CC(=C)C(CC(=C)C(C)CCCc1ccc(OC)c(C)c1)CC(C)C)C(C)C(C)Cc1ccccc1.C=CN. The van der Waals surface area contributed by atoms with E-state index in [9.17, 15) is 0 Å². The van der Waals surface area contributed by atoms with Gasteiger partial charge in [-0.3, -0.25) is 0 Å². The van der Waals surface area contributed by atoms with Crippen molar-refractivity contribution < 1.29 is 4.74 Å². The summed E-state index contributed by atoms with van der Waals surface area (Å²) in [5, 5.41) is 0. The first-order chi connectivity index (χ1) is 21.8. The second-order valence-electron chi connectivity index (χ2n) is 13.9. The van der Waals surface area contributed by atoms with Crippen molar-refractivity contribution in [3.05, 3.63) is 127 Å². The monoisotopic (exact) mass is 627 g/mol. The van der Waals surface area contributed by atoms with Crippen molar-refractivity contribution >= 4 is 0 Å². The van der Waals surface area contributed by atoms with Gasteiger partial charge in [0.2, 0.25) is 0 Å². The molecule has 5 atom stereocenters. The molecule has 0 heterocycles. The number of hydrogen-bond donors (Lipinski definition) is 2. The maximum Gasteiger partial charge on any atom is 0.121 e. The van der Waals surface area contributed by atoms with Gasteiger partial charge in [-0.15, -0.1) is 0 Å². The van der Waals surface area contributed by atoms with E-state index in [1.54, 1.807) is 7.11 Å². The van der Waals surface area contributed by atoms with E-state index in [2.05, 4.69) is 122 Å². The fourth-order valence-electron chi connectivity index (χ4n) is 6.41. The molecule has 254 valence electrons. The number of benzene rings is 2. The molecule has 3 nitrogen and oxygen atoms in total. The van der Waals surface area contributed by atoms with Crippen LogP contribution in [0.3, 0.4) is 0 Å². The summed E-state index contributed by atoms with van der Waals surface area (Å²) in [5.74, 6) is 4.18. The quantitative estimate of drug-likeness (QED) is 0.114. The molecule has 0 aromatic heterocycles. The Bertz CT molecular complexity index is 1220. The average molecular weight is 627 g/mol. The van der Waals surface area contributed by atoms with Crippen molar-refractivity contribution in [1.82, 2.24) is 0 Å². The standard InChI is InChI=1S/C41H61NO.C2H5N/c1-29(2)24-40(27-31(4)30(3)16-14-20-38-22-23-41(43-10)34(7)26-38)33(6)28-39(21-15-17-35(8)42)36(9)32(5)25-37-18-12-11-13-19-37;1-2-3/h11-13,15,17-19,22-23,26,29-30,32,36,39-40H,4,6,8,14,16,20-21,24-25,27-28,42H2,1-3,5,7,9-10H3;2H,1,3H2/b17-15+;/t30?,32?,36?,39-,40?;/m1./s1. The van der Waals surface area contributed by atoms with Crippen LogP contribution >= 0.6 is 0 Å². The third-order valence-electron chi connectivity index (χ3n) is 9.44. The van der Waals surface area contributed by atoms with Crippen LogP contribution in [0.2, 0.25) is 0 Å². The Morgan fingerprint density at radius 1 is 0.913 bits per heavy atom. The zero-order chi connectivity index (χ0) is 34.6. The van der Waals surface area contributed by atoms with Crippen molar-refractivity contribution in [2.75, 3.05) is 7.11 Å². The van der Waals surface area contributed by atoms with E-state index in [0.29, 0.717) is 41.2 Å². The molecule has 0 fully saturated rings. The molecule has 0 spiro atoms. The van der Waals surface area contributed by atoms with Crippen LogP contribution < -0.4 is 16.2 Å². The Hall–Kier alpha value is -3.46. The van der Waals surface area contributed by atoms with E-state index in [-0.39, 0.29) is 0 Å². The number of aryl methyl sites for hydroxylation is 2. The normalized spacial score (nSPS) is 14.4. The molecule has 0 bridgehead atoms. The zero-order valence-corrected chi connectivity index (χ0v) is 30.4. The van der Waals surface area contributed by atoms with Crippen LogP contribution in [-0.4, -0.2) is 7.11 Å². The van der Waals surface area contributed by atoms with Gasteiger partial charge in [0, 0.05) is 5.70 Å². The largest absolute Gasteiger partial charge is 0.496 e. The summed E-state index contributed by atoms with van der Waals surface area (Å²) in [6.45, 7) is 30.3. The molecule has 3 heteroatoms. The van der Waals surface area contributed by atoms with Gasteiger partial charge in [-0.1, -0.05) is 121 Å². The molecule has 2 aromatic carbocycles. The first-order valence-corrected chi connectivity index (χ1v) is 17.3. The van der Waals surface area contributed by atoms with Crippen molar-refractivity contribution in [2.24, 2.45) is 47.0 Å². The molecule has 0 aliphatic rings. The Labute approximate surface area is 283 Å². The Morgan fingerprint density at radius 2 is 1.57 bits per heavy atom.